The Balaban J connectivity index is 1.33. The number of amides is 2. The molecule has 2 aliphatic heterocycles. The number of hydrogen-bond acceptors (Lipinski definition) is 3. The van der Waals surface area contributed by atoms with Crippen molar-refractivity contribution < 1.29 is 9.59 Å². The van der Waals surface area contributed by atoms with E-state index in [0.717, 1.165) is 34.9 Å². The zero-order valence-corrected chi connectivity index (χ0v) is 16.5. The maximum Gasteiger partial charge on any atom is 0.251 e. The Morgan fingerprint density at radius 1 is 0.867 bits per heavy atom. The summed E-state index contributed by atoms with van der Waals surface area (Å²) in [6.45, 7) is 1.44. The second kappa shape index (κ2) is 6.54. The summed E-state index contributed by atoms with van der Waals surface area (Å²) in [6, 6.07) is 21.6. The molecule has 0 saturated carbocycles. The Labute approximate surface area is 173 Å². The van der Waals surface area contributed by atoms with Crippen molar-refractivity contribution in [3.63, 3.8) is 0 Å². The predicted octanol–water partition coefficient (Wildman–Crippen LogP) is 4.01. The van der Waals surface area contributed by atoms with Crippen molar-refractivity contribution in [1.29, 1.82) is 0 Å². The Morgan fingerprint density at radius 3 is 2.53 bits per heavy atom. The number of imide groups is 1. The van der Waals surface area contributed by atoms with Gasteiger partial charge in [0.2, 0.25) is 5.91 Å². The van der Waals surface area contributed by atoms with Gasteiger partial charge in [0.15, 0.2) is 0 Å². The highest BCUT2D eigenvalue weighted by Crippen LogP contribution is 2.34. The fourth-order valence-corrected chi connectivity index (χ4v) is 5.04. The van der Waals surface area contributed by atoms with Gasteiger partial charge in [-0.25, -0.2) is 4.90 Å². The number of rotatable bonds is 2. The molecule has 2 amide bonds. The van der Waals surface area contributed by atoms with Gasteiger partial charge in [0.1, 0.15) is 0 Å². The molecule has 4 aromatic rings. The van der Waals surface area contributed by atoms with Crippen LogP contribution >= 0.6 is 0 Å². The van der Waals surface area contributed by atoms with Crippen LogP contribution in [-0.4, -0.2) is 34.3 Å². The van der Waals surface area contributed by atoms with E-state index in [9.17, 15) is 9.59 Å². The minimum Gasteiger partial charge on any atom is -0.357 e. The highest BCUT2D eigenvalue weighted by molar-refractivity contribution is 6.25. The van der Waals surface area contributed by atoms with Gasteiger partial charge < -0.3 is 4.98 Å². The first-order valence-corrected chi connectivity index (χ1v) is 10.4. The van der Waals surface area contributed by atoms with Gasteiger partial charge in [-0.3, -0.25) is 14.5 Å². The molecule has 3 aromatic carbocycles. The van der Waals surface area contributed by atoms with E-state index in [2.05, 4.69) is 28.1 Å². The van der Waals surface area contributed by atoms with E-state index < -0.39 is 6.04 Å². The summed E-state index contributed by atoms with van der Waals surface area (Å²) >= 11 is 0. The number of aromatic nitrogens is 1. The average molecular weight is 395 g/mol. The third kappa shape index (κ3) is 2.52. The zero-order valence-electron chi connectivity index (χ0n) is 16.5. The van der Waals surface area contributed by atoms with E-state index in [0.29, 0.717) is 12.2 Å². The summed E-state index contributed by atoms with van der Waals surface area (Å²) in [4.78, 5) is 33.4. The van der Waals surface area contributed by atoms with Crippen LogP contribution in [0.5, 0.6) is 0 Å². The summed E-state index contributed by atoms with van der Waals surface area (Å²) in [5, 5.41) is 3.22. The molecule has 3 heterocycles. The lowest BCUT2D eigenvalue weighted by molar-refractivity contribution is -0.123. The maximum absolute atomic E-state index is 13.4. The number of benzene rings is 3. The second-order valence-electron chi connectivity index (χ2n) is 8.13. The van der Waals surface area contributed by atoms with Crippen molar-refractivity contribution in [2.75, 3.05) is 11.4 Å². The van der Waals surface area contributed by atoms with Gasteiger partial charge in [0.05, 0.1) is 18.2 Å². The zero-order chi connectivity index (χ0) is 20.2. The van der Waals surface area contributed by atoms with Crippen LogP contribution < -0.4 is 4.90 Å². The number of nitrogens with zero attached hydrogens (tertiary/aromatic N) is 2. The quantitative estimate of drug-likeness (QED) is 0.522. The van der Waals surface area contributed by atoms with Crippen LogP contribution in [0.25, 0.3) is 21.7 Å². The Morgan fingerprint density at radius 2 is 1.63 bits per heavy atom. The third-order valence-electron chi connectivity index (χ3n) is 6.48. The van der Waals surface area contributed by atoms with Gasteiger partial charge in [-0.1, -0.05) is 54.6 Å². The molecule has 0 aliphatic carbocycles. The van der Waals surface area contributed by atoms with E-state index in [1.54, 1.807) is 0 Å². The summed E-state index contributed by atoms with van der Waals surface area (Å²) < 4.78 is 0. The molecule has 6 rings (SSSR count). The topological polar surface area (TPSA) is 56.4 Å². The largest absolute Gasteiger partial charge is 0.357 e. The average Bonchev–Trinajstić information content (AvgIpc) is 3.29. The molecular formula is C25H21N3O2. The highest BCUT2D eigenvalue weighted by Gasteiger charge is 2.44. The smallest absolute Gasteiger partial charge is 0.251 e. The standard InChI is InChI=1S/C25H21N3O2/c29-24-14-23(25(30)28(24)22-11-5-7-16-6-1-2-8-17(16)22)27-13-12-19-18-9-3-4-10-20(18)26-21(19)15-27/h1-11,23,26H,12-15H2/t23-/m1/s1. The van der Waals surface area contributed by atoms with Crippen molar-refractivity contribution >= 4 is 39.2 Å². The molecule has 0 unspecified atom stereocenters. The molecule has 1 aromatic heterocycles. The number of hydrogen-bond donors (Lipinski definition) is 1. The van der Waals surface area contributed by atoms with Crippen molar-refractivity contribution in [3.8, 4) is 0 Å². The van der Waals surface area contributed by atoms with Gasteiger partial charge in [-0.15, -0.1) is 0 Å². The second-order valence-corrected chi connectivity index (χ2v) is 8.13. The number of H-pyrrole nitrogens is 1. The number of aromatic amines is 1. The van der Waals surface area contributed by atoms with Crippen molar-refractivity contribution in [2.45, 2.75) is 25.4 Å². The highest BCUT2D eigenvalue weighted by atomic mass is 16.2. The minimum absolute atomic E-state index is 0.115. The van der Waals surface area contributed by atoms with Crippen molar-refractivity contribution in [1.82, 2.24) is 9.88 Å². The fourth-order valence-electron chi connectivity index (χ4n) is 5.04. The number of fused-ring (bicyclic) bond motifs is 4. The van der Waals surface area contributed by atoms with E-state index >= 15 is 0 Å². The van der Waals surface area contributed by atoms with E-state index in [-0.39, 0.29) is 18.2 Å². The Bertz CT molecular complexity index is 1320. The van der Waals surface area contributed by atoms with Gasteiger partial charge in [-0.05, 0) is 29.5 Å². The molecule has 0 radical (unpaired) electrons. The van der Waals surface area contributed by atoms with E-state index in [4.69, 9.17) is 0 Å². The summed E-state index contributed by atoms with van der Waals surface area (Å²) in [6.07, 6.45) is 1.11. The number of anilines is 1. The summed E-state index contributed by atoms with van der Waals surface area (Å²) in [5.41, 5.74) is 4.32. The van der Waals surface area contributed by atoms with Crippen LogP contribution in [0.2, 0.25) is 0 Å². The minimum atomic E-state index is -0.406. The molecule has 5 heteroatoms. The normalized spacial score (nSPS) is 19.7. The van der Waals surface area contributed by atoms with E-state index in [1.165, 1.54) is 15.8 Å². The molecule has 1 saturated heterocycles. The third-order valence-corrected chi connectivity index (χ3v) is 6.48. The molecule has 0 bridgehead atoms. The van der Waals surface area contributed by atoms with Crippen LogP contribution in [0.3, 0.4) is 0 Å². The van der Waals surface area contributed by atoms with Crippen LogP contribution in [0.4, 0.5) is 5.69 Å². The predicted molar refractivity (Wildman–Crippen MR) is 117 cm³/mol. The lowest BCUT2D eigenvalue weighted by Crippen LogP contribution is -2.44. The van der Waals surface area contributed by atoms with Crippen LogP contribution in [0.1, 0.15) is 17.7 Å². The van der Waals surface area contributed by atoms with E-state index in [1.807, 2.05) is 48.5 Å². The molecule has 148 valence electrons. The monoisotopic (exact) mass is 395 g/mol. The first-order chi connectivity index (χ1) is 14.7. The first-order valence-electron chi connectivity index (χ1n) is 10.4. The lowest BCUT2D eigenvalue weighted by Gasteiger charge is -2.31. The lowest BCUT2D eigenvalue weighted by atomic mass is 10.0. The van der Waals surface area contributed by atoms with Crippen LogP contribution in [0.15, 0.2) is 66.7 Å². The van der Waals surface area contributed by atoms with Crippen molar-refractivity contribution in [3.05, 3.63) is 78.0 Å². The SMILES string of the molecule is O=C1C[C@@H](N2CCc3c([nH]c4ccccc34)C2)C(=O)N1c1cccc2ccccc12. The van der Waals surface area contributed by atoms with Gasteiger partial charge in [0.25, 0.3) is 5.91 Å². The van der Waals surface area contributed by atoms with Gasteiger partial charge in [0, 0.05) is 35.1 Å². The molecule has 1 fully saturated rings. The van der Waals surface area contributed by atoms with Crippen LogP contribution in [0, 0.1) is 0 Å². The summed E-state index contributed by atoms with van der Waals surface area (Å²) in [7, 11) is 0. The molecule has 30 heavy (non-hydrogen) atoms. The van der Waals surface area contributed by atoms with Gasteiger partial charge >= 0.3 is 0 Å². The van der Waals surface area contributed by atoms with Gasteiger partial charge in [-0.2, -0.15) is 0 Å². The summed E-state index contributed by atoms with van der Waals surface area (Å²) in [5.74, 6) is -0.236. The first kappa shape index (κ1) is 17.4. The number of nitrogens with one attached hydrogen (secondary N) is 1. The number of para-hydroxylation sites is 1. The molecule has 0 spiro atoms. The number of carbonyl (C=O) groups is 2. The Kier molecular flexibility index (Phi) is 3.80. The number of carbonyl (C=O) groups excluding carboxylic acids is 2. The molecule has 1 N–H and O–H groups in total. The molecule has 1 atom stereocenters. The maximum atomic E-state index is 13.4. The fraction of sp³-hybridized carbons (Fsp3) is 0.200. The Hall–Kier alpha value is -3.44. The molecule has 5 nitrogen and oxygen atoms in total. The van der Waals surface area contributed by atoms with Crippen LogP contribution in [-0.2, 0) is 22.6 Å². The molecular weight excluding hydrogens is 374 g/mol. The molecule has 2 aliphatic rings. The van der Waals surface area contributed by atoms with Crippen molar-refractivity contribution in [2.24, 2.45) is 0 Å².